The van der Waals surface area contributed by atoms with E-state index in [1.165, 1.54) is 0 Å². The number of nitrogens with zero attached hydrogens (tertiary/aromatic N) is 7. The predicted octanol–water partition coefficient (Wildman–Crippen LogP) is 3.77. The summed E-state index contributed by atoms with van der Waals surface area (Å²) in [5.41, 5.74) is 11.9. The summed E-state index contributed by atoms with van der Waals surface area (Å²) in [5.74, 6) is 2.03. The van der Waals surface area contributed by atoms with Gasteiger partial charge in [0, 0.05) is 18.0 Å². The Kier molecular flexibility index (Phi) is 7.47. The van der Waals surface area contributed by atoms with Crippen LogP contribution in [-0.2, 0) is 13.1 Å². The Bertz CT molecular complexity index is 1060. The fraction of sp³-hybridized carbons (Fsp3) is 0.450. The van der Waals surface area contributed by atoms with E-state index in [1.807, 2.05) is 19.2 Å². The van der Waals surface area contributed by atoms with Crippen LogP contribution >= 0.6 is 0 Å². The molecule has 164 valence electrons. The number of aromatic nitrogens is 4. The van der Waals surface area contributed by atoms with Crippen molar-refractivity contribution >= 4 is 22.8 Å². The normalized spacial score (nSPS) is 10.7. The first-order chi connectivity index (χ1) is 15.1. The number of methoxy groups -OCH3 is 2. The van der Waals surface area contributed by atoms with Crippen LogP contribution in [0.5, 0.6) is 11.5 Å². The lowest BCUT2D eigenvalue weighted by atomic mass is 10.1. The van der Waals surface area contributed by atoms with Crippen LogP contribution in [0.4, 0.5) is 11.8 Å². The number of rotatable bonds is 11. The number of unbranched alkanes of at least 4 members (excludes halogenated alkanes) is 1. The van der Waals surface area contributed by atoms with Gasteiger partial charge in [0.05, 0.1) is 32.5 Å². The van der Waals surface area contributed by atoms with Crippen molar-refractivity contribution in [1.29, 1.82) is 0 Å². The summed E-state index contributed by atoms with van der Waals surface area (Å²) in [6.07, 6.45) is 3.82. The molecule has 11 nitrogen and oxygen atoms in total. The van der Waals surface area contributed by atoms with Crippen molar-refractivity contribution in [2.75, 3.05) is 33.1 Å². The van der Waals surface area contributed by atoms with Gasteiger partial charge in [0.25, 0.3) is 0 Å². The Morgan fingerprint density at radius 3 is 2.55 bits per heavy atom. The molecular formula is C20H27N9O2. The number of benzene rings is 1. The van der Waals surface area contributed by atoms with E-state index in [4.69, 9.17) is 15.0 Å². The molecule has 3 aromatic rings. The largest absolute Gasteiger partial charge is 0.496 e. The molecule has 2 aromatic heterocycles. The van der Waals surface area contributed by atoms with Gasteiger partial charge < -0.3 is 20.1 Å². The van der Waals surface area contributed by atoms with Crippen LogP contribution in [0.3, 0.4) is 0 Å². The van der Waals surface area contributed by atoms with Gasteiger partial charge in [-0.2, -0.15) is 5.10 Å². The number of hydrogen-bond acceptors (Lipinski definition) is 8. The molecule has 1 aromatic carbocycles. The minimum Gasteiger partial charge on any atom is -0.496 e. The Labute approximate surface area is 180 Å². The van der Waals surface area contributed by atoms with Crippen molar-refractivity contribution in [3.8, 4) is 11.5 Å². The molecule has 0 radical (unpaired) electrons. The molecule has 0 bridgehead atoms. The molecule has 2 heterocycles. The maximum absolute atomic E-state index is 8.78. The van der Waals surface area contributed by atoms with E-state index in [1.54, 1.807) is 25.1 Å². The molecular weight excluding hydrogens is 398 g/mol. The molecule has 11 heteroatoms. The first kappa shape index (κ1) is 22.1. The third kappa shape index (κ3) is 5.14. The highest BCUT2D eigenvalue weighted by atomic mass is 16.5. The summed E-state index contributed by atoms with van der Waals surface area (Å²) in [7, 11) is 5.16. The van der Waals surface area contributed by atoms with Crippen LogP contribution in [0.15, 0.2) is 23.4 Å². The predicted molar refractivity (Wildman–Crippen MR) is 119 cm³/mol. The van der Waals surface area contributed by atoms with E-state index in [2.05, 4.69) is 42.6 Å². The molecule has 3 rings (SSSR count). The zero-order valence-corrected chi connectivity index (χ0v) is 18.2. The topological polar surface area (TPSA) is 135 Å². The van der Waals surface area contributed by atoms with Gasteiger partial charge in [0.2, 0.25) is 5.95 Å². The Hall–Kier alpha value is -3.56. The average molecular weight is 425 g/mol. The number of azide groups is 1. The maximum Gasteiger partial charge on any atom is 0.219 e. The minimum absolute atomic E-state index is 0.0557. The number of hydrogen-bond donors (Lipinski definition) is 2. The fourth-order valence-electron chi connectivity index (χ4n) is 3.28. The first-order valence-corrected chi connectivity index (χ1v) is 10.1. The summed E-state index contributed by atoms with van der Waals surface area (Å²) in [5, 5.41) is 14.6. The van der Waals surface area contributed by atoms with Crippen LogP contribution in [0, 0.1) is 0 Å². The fourth-order valence-corrected chi connectivity index (χ4v) is 3.28. The smallest absolute Gasteiger partial charge is 0.219 e. The molecule has 0 unspecified atom stereocenters. The second kappa shape index (κ2) is 10.5. The molecule has 31 heavy (non-hydrogen) atoms. The van der Waals surface area contributed by atoms with Gasteiger partial charge in [0.15, 0.2) is 11.3 Å². The molecule has 0 spiro atoms. The maximum atomic E-state index is 8.78. The number of anilines is 1. The zero-order valence-electron chi connectivity index (χ0n) is 18.2. The summed E-state index contributed by atoms with van der Waals surface area (Å²) >= 11 is 0. The SMILES string of the molecule is CCCCNc1nc(N=[N+]=[N-])nc2cn(Cc3c(OC)cc(CNC)cc3OC)nc12. The van der Waals surface area contributed by atoms with Crippen molar-refractivity contribution in [1.82, 2.24) is 25.1 Å². The molecule has 0 saturated carbocycles. The Morgan fingerprint density at radius 1 is 1.19 bits per heavy atom. The van der Waals surface area contributed by atoms with Crippen LogP contribution in [0.1, 0.15) is 30.9 Å². The van der Waals surface area contributed by atoms with Crippen molar-refractivity contribution in [2.24, 2.45) is 5.11 Å². The van der Waals surface area contributed by atoms with Crippen LogP contribution < -0.4 is 20.1 Å². The standard InChI is InChI=1S/C20H27N9O2/c1-5-6-7-23-19-18-15(24-20(25-19)26-28-21)12-29(27-18)11-14-16(30-3)8-13(10-22-2)9-17(14)31-4/h8-9,12,22H,5-7,10-11H2,1-4H3,(H,23,24,25). The van der Waals surface area contributed by atoms with Gasteiger partial charge in [-0.25, -0.2) is 9.97 Å². The molecule has 0 atom stereocenters. The van der Waals surface area contributed by atoms with Crippen LogP contribution in [-0.4, -0.2) is 47.6 Å². The van der Waals surface area contributed by atoms with Gasteiger partial charge in [-0.15, -0.1) is 0 Å². The van der Waals surface area contributed by atoms with Crippen molar-refractivity contribution < 1.29 is 9.47 Å². The van der Waals surface area contributed by atoms with Crippen LogP contribution in [0.2, 0.25) is 0 Å². The van der Waals surface area contributed by atoms with Gasteiger partial charge in [-0.3, -0.25) is 4.68 Å². The highest BCUT2D eigenvalue weighted by molar-refractivity contribution is 5.85. The van der Waals surface area contributed by atoms with E-state index in [-0.39, 0.29) is 5.95 Å². The third-order valence-electron chi connectivity index (χ3n) is 4.72. The Balaban J connectivity index is 2.02. The molecule has 0 amide bonds. The van der Waals surface area contributed by atoms with E-state index in [0.717, 1.165) is 30.5 Å². The quantitative estimate of drug-likeness (QED) is 0.207. The molecule has 0 aliphatic carbocycles. The average Bonchev–Trinajstić information content (AvgIpc) is 3.17. The lowest BCUT2D eigenvalue weighted by molar-refractivity contribution is 0.381. The third-order valence-corrected chi connectivity index (χ3v) is 4.72. The van der Waals surface area contributed by atoms with E-state index < -0.39 is 0 Å². The minimum atomic E-state index is 0.0557. The zero-order chi connectivity index (χ0) is 22.2. The highest BCUT2D eigenvalue weighted by Crippen LogP contribution is 2.32. The lowest BCUT2D eigenvalue weighted by Gasteiger charge is -2.15. The molecule has 2 N–H and O–H groups in total. The van der Waals surface area contributed by atoms with Crippen LogP contribution in [0.25, 0.3) is 21.5 Å². The second-order valence-corrected chi connectivity index (χ2v) is 6.91. The lowest BCUT2D eigenvalue weighted by Crippen LogP contribution is -2.09. The van der Waals surface area contributed by atoms with Crippen molar-refractivity contribution in [3.63, 3.8) is 0 Å². The summed E-state index contributed by atoms with van der Waals surface area (Å²) in [6.45, 7) is 3.96. The molecule has 0 aliphatic heterocycles. The highest BCUT2D eigenvalue weighted by Gasteiger charge is 2.16. The van der Waals surface area contributed by atoms with Gasteiger partial charge in [-0.05, 0) is 41.8 Å². The van der Waals surface area contributed by atoms with E-state index >= 15 is 0 Å². The summed E-state index contributed by atoms with van der Waals surface area (Å²) in [6, 6.07) is 3.96. The Morgan fingerprint density at radius 2 is 1.94 bits per heavy atom. The van der Waals surface area contributed by atoms with Gasteiger partial charge >= 0.3 is 0 Å². The summed E-state index contributed by atoms with van der Waals surface area (Å²) in [4.78, 5) is 11.4. The summed E-state index contributed by atoms with van der Waals surface area (Å²) < 4.78 is 13.0. The number of ether oxygens (including phenoxy) is 2. The monoisotopic (exact) mass is 425 g/mol. The number of fused-ring (bicyclic) bond motifs is 1. The van der Waals surface area contributed by atoms with Gasteiger partial charge in [0.1, 0.15) is 17.0 Å². The molecule has 0 saturated heterocycles. The molecule has 0 fully saturated rings. The van der Waals surface area contributed by atoms with E-state index in [0.29, 0.717) is 41.4 Å². The van der Waals surface area contributed by atoms with Gasteiger partial charge in [-0.1, -0.05) is 13.3 Å². The van der Waals surface area contributed by atoms with Crippen molar-refractivity contribution in [3.05, 3.63) is 39.9 Å². The second-order valence-electron chi connectivity index (χ2n) is 6.91. The van der Waals surface area contributed by atoms with E-state index in [9.17, 15) is 0 Å². The van der Waals surface area contributed by atoms with Crippen molar-refractivity contribution in [2.45, 2.75) is 32.9 Å². The first-order valence-electron chi connectivity index (χ1n) is 10.1. The number of nitrogens with one attached hydrogen (secondary N) is 2. The molecule has 0 aliphatic rings.